The number of carbonyl (C=O) groups excluding carboxylic acids is 1. The second-order valence-corrected chi connectivity index (χ2v) is 10.5. The van der Waals surface area contributed by atoms with Gasteiger partial charge in [0.1, 0.15) is 28.9 Å². The highest BCUT2D eigenvalue weighted by Crippen LogP contribution is 2.56. The Morgan fingerprint density at radius 2 is 1.79 bits per heavy atom. The number of benzene rings is 3. The van der Waals surface area contributed by atoms with E-state index < -0.39 is 17.9 Å². The van der Waals surface area contributed by atoms with Gasteiger partial charge in [0.15, 0.2) is 5.78 Å². The number of carboxylic acids is 1. The highest BCUT2D eigenvalue weighted by molar-refractivity contribution is 6.03. The number of carbonyl (C=O) groups is 2. The molecule has 39 heavy (non-hydrogen) atoms. The molecule has 3 aromatic carbocycles. The van der Waals surface area contributed by atoms with E-state index in [-0.39, 0.29) is 42.0 Å². The molecule has 6 rings (SSSR count). The molecule has 200 valence electrons. The third-order valence-corrected chi connectivity index (χ3v) is 7.74. The molecule has 0 aliphatic carbocycles. The molecule has 2 bridgehead atoms. The van der Waals surface area contributed by atoms with Crippen LogP contribution < -0.4 is 9.47 Å². The number of ether oxygens (including phenoxy) is 3. The average Bonchev–Trinajstić information content (AvgIpc) is 2.92. The standard InChI is InChI=1S/C32H30O7/c33-24-17-25(21-10-5-2-6-11-21)37-26-18-27-29(31(36)30(24)26)22-16-23(12-7-13-28(34)35)38-32(19-22,39-27)15-14-20-8-3-1-4-9-20/h1-6,8-11,14-15,18,22-23,25,36H,7,12-13,16-17,19H2,(H,34,35)/b15-14+/t22-,23-,25+,32-/m1/s1. The highest BCUT2D eigenvalue weighted by atomic mass is 16.7. The number of ketones is 1. The van der Waals surface area contributed by atoms with Crippen LogP contribution in [0.3, 0.4) is 0 Å². The topological polar surface area (TPSA) is 102 Å². The van der Waals surface area contributed by atoms with Crippen molar-refractivity contribution in [2.24, 2.45) is 0 Å². The van der Waals surface area contributed by atoms with Crippen molar-refractivity contribution in [3.63, 3.8) is 0 Å². The number of aromatic hydroxyl groups is 1. The maximum Gasteiger partial charge on any atom is 0.303 e. The molecule has 3 aromatic rings. The fourth-order valence-corrected chi connectivity index (χ4v) is 5.98. The highest BCUT2D eigenvalue weighted by Gasteiger charge is 2.49. The maximum atomic E-state index is 13.3. The molecule has 3 heterocycles. The lowest BCUT2D eigenvalue weighted by molar-refractivity contribution is -0.220. The van der Waals surface area contributed by atoms with Crippen LogP contribution in [-0.2, 0) is 9.53 Å². The summed E-state index contributed by atoms with van der Waals surface area (Å²) in [7, 11) is 0. The smallest absolute Gasteiger partial charge is 0.303 e. The molecule has 2 N–H and O–H groups in total. The number of aliphatic carboxylic acids is 1. The summed E-state index contributed by atoms with van der Waals surface area (Å²) in [5.74, 6) is -1.60. The van der Waals surface area contributed by atoms with Gasteiger partial charge in [-0.05, 0) is 36.5 Å². The van der Waals surface area contributed by atoms with Crippen LogP contribution in [0.15, 0.2) is 72.8 Å². The van der Waals surface area contributed by atoms with Crippen molar-refractivity contribution in [3.8, 4) is 17.2 Å². The summed E-state index contributed by atoms with van der Waals surface area (Å²) in [4.78, 5) is 24.4. The lowest BCUT2D eigenvalue weighted by Crippen LogP contribution is -2.49. The van der Waals surface area contributed by atoms with E-state index in [1.54, 1.807) is 6.07 Å². The van der Waals surface area contributed by atoms with E-state index in [0.29, 0.717) is 42.7 Å². The van der Waals surface area contributed by atoms with E-state index in [4.69, 9.17) is 19.3 Å². The van der Waals surface area contributed by atoms with E-state index in [1.807, 2.05) is 72.8 Å². The molecule has 1 fully saturated rings. The average molecular weight is 527 g/mol. The number of phenolic OH excluding ortho intramolecular Hbond substituents is 1. The van der Waals surface area contributed by atoms with Crippen LogP contribution in [-0.4, -0.2) is 33.9 Å². The van der Waals surface area contributed by atoms with Crippen molar-refractivity contribution in [2.75, 3.05) is 0 Å². The van der Waals surface area contributed by atoms with Crippen LogP contribution in [0.1, 0.15) is 77.6 Å². The second kappa shape index (κ2) is 10.2. The minimum absolute atomic E-state index is 0.0575. The van der Waals surface area contributed by atoms with Gasteiger partial charge in [0.05, 0.1) is 12.5 Å². The zero-order valence-corrected chi connectivity index (χ0v) is 21.4. The Morgan fingerprint density at radius 3 is 2.54 bits per heavy atom. The molecular weight excluding hydrogens is 496 g/mol. The predicted octanol–water partition coefficient (Wildman–Crippen LogP) is 6.42. The van der Waals surface area contributed by atoms with Gasteiger partial charge in [-0.15, -0.1) is 0 Å². The Bertz CT molecular complexity index is 1420. The van der Waals surface area contributed by atoms with Gasteiger partial charge in [0.2, 0.25) is 5.79 Å². The molecule has 0 amide bonds. The van der Waals surface area contributed by atoms with Crippen LogP contribution in [0.4, 0.5) is 0 Å². The van der Waals surface area contributed by atoms with Crippen molar-refractivity contribution in [3.05, 3.63) is 95.1 Å². The van der Waals surface area contributed by atoms with E-state index in [9.17, 15) is 14.7 Å². The van der Waals surface area contributed by atoms with Crippen LogP contribution >= 0.6 is 0 Å². The maximum absolute atomic E-state index is 13.3. The van der Waals surface area contributed by atoms with Gasteiger partial charge in [-0.25, -0.2) is 0 Å². The van der Waals surface area contributed by atoms with E-state index in [1.165, 1.54) is 0 Å². The number of hydrogen-bond acceptors (Lipinski definition) is 6. The van der Waals surface area contributed by atoms with Crippen molar-refractivity contribution >= 4 is 17.8 Å². The van der Waals surface area contributed by atoms with E-state index >= 15 is 0 Å². The molecule has 3 aliphatic rings. The first-order chi connectivity index (χ1) is 18.9. The van der Waals surface area contributed by atoms with Crippen LogP contribution in [0.2, 0.25) is 0 Å². The van der Waals surface area contributed by atoms with Crippen LogP contribution in [0, 0.1) is 0 Å². The van der Waals surface area contributed by atoms with Gasteiger partial charge in [0, 0.05) is 30.4 Å². The summed E-state index contributed by atoms with van der Waals surface area (Å²) >= 11 is 0. The summed E-state index contributed by atoms with van der Waals surface area (Å²) in [5.41, 5.74) is 2.67. The number of phenols is 1. The number of hydrogen-bond donors (Lipinski definition) is 2. The SMILES string of the molecule is O=C(O)CCC[C@@H]1C[C@@H]2C[C@@](/C=C/c3ccccc3)(Oc3cc4c(c(O)c32)C(=O)C[C@@H](c2ccccc2)O4)O1. The van der Waals surface area contributed by atoms with Gasteiger partial charge in [-0.2, -0.15) is 0 Å². The Balaban J connectivity index is 1.37. The minimum atomic E-state index is -1.10. The van der Waals surface area contributed by atoms with Gasteiger partial charge in [-0.1, -0.05) is 66.7 Å². The van der Waals surface area contributed by atoms with Gasteiger partial charge in [0.25, 0.3) is 0 Å². The molecule has 0 unspecified atom stereocenters. The lowest BCUT2D eigenvalue weighted by atomic mass is 9.78. The summed E-state index contributed by atoms with van der Waals surface area (Å²) < 4.78 is 19.3. The number of carboxylic acid groups (broad SMARTS) is 1. The molecule has 0 aromatic heterocycles. The monoisotopic (exact) mass is 526 g/mol. The summed E-state index contributed by atoms with van der Waals surface area (Å²) in [6.45, 7) is 0. The fourth-order valence-electron chi connectivity index (χ4n) is 5.98. The zero-order valence-electron chi connectivity index (χ0n) is 21.4. The third-order valence-electron chi connectivity index (χ3n) is 7.74. The van der Waals surface area contributed by atoms with Crippen molar-refractivity contribution < 1.29 is 34.0 Å². The largest absolute Gasteiger partial charge is 0.507 e. The molecule has 1 saturated heterocycles. The van der Waals surface area contributed by atoms with E-state index in [0.717, 1.165) is 11.1 Å². The molecular formula is C32H30O7. The second-order valence-electron chi connectivity index (χ2n) is 10.5. The summed E-state index contributed by atoms with van der Waals surface area (Å²) in [6, 6.07) is 21.1. The molecule has 7 heteroatoms. The van der Waals surface area contributed by atoms with Crippen molar-refractivity contribution in [1.82, 2.24) is 0 Å². The van der Waals surface area contributed by atoms with Crippen molar-refractivity contribution in [1.29, 1.82) is 0 Å². The number of Topliss-reactive ketones (excluding diaryl/α,β-unsaturated/α-hetero) is 1. The zero-order chi connectivity index (χ0) is 27.0. The van der Waals surface area contributed by atoms with Crippen LogP contribution in [0.5, 0.6) is 17.2 Å². The first kappa shape index (κ1) is 25.2. The fraction of sp³-hybridized carbons (Fsp3) is 0.312. The minimum Gasteiger partial charge on any atom is -0.507 e. The number of fused-ring (bicyclic) bond motifs is 5. The predicted molar refractivity (Wildman–Crippen MR) is 144 cm³/mol. The lowest BCUT2D eigenvalue weighted by Gasteiger charge is -2.47. The summed E-state index contributed by atoms with van der Waals surface area (Å²) in [6.07, 6.45) is 5.41. The normalized spacial score (nSPS) is 25.3. The Morgan fingerprint density at radius 1 is 1.05 bits per heavy atom. The van der Waals surface area contributed by atoms with Crippen molar-refractivity contribution in [2.45, 2.75) is 62.4 Å². The molecule has 0 spiro atoms. The van der Waals surface area contributed by atoms with Crippen LogP contribution in [0.25, 0.3) is 6.08 Å². The molecule has 0 radical (unpaired) electrons. The molecule has 3 aliphatic heterocycles. The molecule has 4 atom stereocenters. The molecule has 7 nitrogen and oxygen atoms in total. The quantitative estimate of drug-likeness (QED) is 0.366. The Kier molecular flexibility index (Phi) is 6.61. The Hall–Kier alpha value is -4.10. The summed E-state index contributed by atoms with van der Waals surface area (Å²) in [5, 5.41) is 20.5. The molecule has 0 saturated carbocycles. The van der Waals surface area contributed by atoms with E-state index in [2.05, 4.69) is 0 Å². The number of rotatable bonds is 7. The van der Waals surface area contributed by atoms with Gasteiger partial charge in [-0.3, -0.25) is 9.59 Å². The first-order valence-corrected chi connectivity index (χ1v) is 13.4. The third kappa shape index (κ3) is 5.02. The Labute approximate surface area is 226 Å². The van der Waals surface area contributed by atoms with Gasteiger partial charge >= 0.3 is 5.97 Å². The first-order valence-electron chi connectivity index (χ1n) is 13.4. The van der Waals surface area contributed by atoms with Gasteiger partial charge < -0.3 is 24.4 Å².